The molecule has 0 bridgehead atoms. The van der Waals surface area contributed by atoms with Crippen molar-refractivity contribution in [2.24, 2.45) is 0 Å². The van der Waals surface area contributed by atoms with E-state index in [0.717, 1.165) is 0 Å². The second kappa shape index (κ2) is 6.95. The van der Waals surface area contributed by atoms with Crippen LogP contribution in [0, 0.1) is 0 Å². The Morgan fingerprint density at radius 2 is 1.77 bits per heavy atom. The Hall–Kier alpha value is -2.53. The normalized spacial score (nSPS) is 9.95. The molecule has 0 aliphatic heterocycles. The smallest absolute Gasteiger partial charge is 0.417 e. The molecule has 0 aliphatic rings. The topological polar surface area (TPSA) is 64.6 Å². The van der Waals surface area contributed by atoms with Gasteiger partial charge in [-0.1, -0.05) is 11.6 Å². The monoisotopic (exact) mass is 319 g/mol. The standard InChI is InChI=1S/C16H14ClNO4/c1-10(19)11-3-6-13(7-4-11)22-16(20)18-14-9-12(17)5-8-15(14)21-2/h3-9H,1-2H3,(H,18,20). The number of hydrogen-bond acceptors (Lipinski definition) is 4. The molecule has 0 unspecified atom stereocenters. The fourth-order valence-corrected chi connectivity index (χ4v) is 1.95. The molecule has 0 saturated carbocycles. The molecule has 2 aromatic rings. The van der Waals surface area contributed by atoms with Gasteiger partial charge in [-0.15, -0.1) is 0 Å². The fourth-order valence-electron chi connectivity index (χ4n) is 1.78. The van der Waals surface area contributed by atoms with E-state index in [2.05, 4.69) is 5.32 Å². The van der Waals surface area contributed by atoms with Crippen LogP contribution in [0.2, 0.25) is 5.02 Å². The molecule has 22 heavy (non-hydrogen) atoms. The maximum atomic E-state index is 11.9. The number of rotatable bonds is 4. The van der Waals surface area contributed by atoms with E-state index in [4.69, 9.17) is 21.1 Å². The molecular formula is C16H14ClNO4. The summed E-state index contributed by atoms with van der Waals surface area (Å²) in [5, 5.41) is 3.01. The summed E-state index contributed by atoms with van der Waals surface area (Å²) in [6.07, 6.45) is -0.684. The first-order chi connectivity index (χ1) is 10.5. The van der Waals surface area contributed by atoms with E-state index >= 15 is 0 Å². The molecule has 0 heterocycles. The minimum Gasteiger partial charge on any atom is -0.495 e. The molecule has 114 valence electrons. The lowest BCUT2D eigenvalue weighted by Crippen LogP contribution is -2.17. The molecule has 0 radical (unpaired) electrons. The molecule has 2 aromatic carbocycles. The average molecular weight is 320 g/mol. The molecule has 5 nitrogen and oxygen atoms in total. The largest absolute Gasteiger partial charge is 0.495 e. The van der Waals surface area contributed by atoms with Crippen molar-refractivity contribution in [2.75, 3.05) is 12.4 Å². The van der Waals surface area contributed by atoms with Gasteiger partial charge in [0.25, 0.3) is 0 Å². The predicted molar refractivity (Wildman–Crippen MR) is 84.1 cm³/mol. The predicted octanol–water partition coefficient (Wildman–Crippen LogP) is 4.16. The lowest BCUT2D eigenvalue weighted by Gasteiger charge is -2.11. The SMILES string of the molecule is COc1ccc(Cl)cc1NC(=O)Oc1ccc(C(C)=O)cc1. The highest BCUT2D eigenvalue weighted by Gasteiger charge is 2.10. The Balaban J connectivity index is 2.07. The van der Waals surface area contributed by atoms with Gasteiger partial charge in [0, 0.05) is 10.6 Å². The van der Waals surface area contributed by atoms with Crippen molar-refractivity contribution in [1.29, 1.82) is 0 Å². The van der Waals surface area contributed by atoms with Crippen molar-refractivity contribution in [3.63, 3.8) is 0 Å². The number of nitrogens with one attached hydrogen (secondary N) is 1. The van der Waals surface area contributed by atoms with E-state index in [0.29, 0.717) is 27.8 Å². The van der Waals surface area contributed by atoms with Gasteiger partial charge in [-0.25, -0.2) is 4.79 Å². The van der Waals surface area contributed by atoms with Crippen LogP contribution in [-0.2, 0) is 0 Å². The molecule has 0 fully saturated rings. The lowest BCUT2D eigenvalue weighted by molar-refractivity contribution is 0.101. The third kappa shape index (κ3) is 3.99. The number of Topliss-reactive ketones (excluding diaryl/α,β-unsaturated/α-hetero) is 1. The van der Waals surface area contributed by atoms with Crippen LogP contribution in [0.1, 0.15) is 17.3 Å². The number of ketones is 1. The van der Waals surface area contributed by atoms with Crippen molar-refractivity contribution in [3.05, 3.63) is 53.1 Å². The molecule has 2 rings (SSSR count). The number of benzene rings is 2. The van der Waals surface area contributed by atoms with Crippen LogP contribution in [0.3, 0.4) is 0 Å². The van der Waals surface area contributed by atoms with Crippen LogP contribution < -0.4 is 14.8 Å². The summed E-state index contributed by atoms with van der Waals surface area (Å²) in [5.41, 5.74) is 0.949. The molecule has 0 saturated heterocycles. The van der Waals surface area contributed by atoms with Crippen molar-refractivity contribution < 1.29 is 19.1 Å². The molecule has 6 heteroatoms. The minimum atomic E-state index is -0.684. The summed E-state index contributed by atoms with van der Waals surface area (Å²) in [5.74, 6) is 0.733. The quantitative estimate of drug-likeness (QED) is 0.859. The summed E-state index contributed by atoms with van der Waals surface area (Å²) in [6.45, 7) is 1.47. The highest BCUT2D eigenvalue weighted by molar-refractivity contribution is 6.31. The first-order valence-electron chi connectivity index (χ1n) is 6.43. The van der Waals surface area contributed by atoms with Crippen molar-refractivity contribution in [3.8, 4) is 11.5 Å². The summed E-state index contributed by atoms with van der Waals surface area (Å²) in [7, 11) is 1.49. The van der Waals surface area contributed by atoms with Crippen LogP contribution in [0.25, 0.3) is 0 Å². The van der Waals surface area contributed by atoms with Gasteiger partial charge in [0.2, 0.25) is 0 Å². The Labute approximate surface area is 132 Å². The molecule has 0 aromatic heterocycles. The number of carbonyl (C=O) groups is 2. The van der Waals surface area contributed by atoms with E-state index in [1.165, 1.54) is 14.0 Å². The second-order valence-electron chi connectivity index (χ2n) is 4.44. The van der Waals surface area contributed by atoms with Crippen molar-refractivity contribution >= 4 is 29.2 Å². The highest BCUT2D eigenvalue weighted by Crippen LogP contribution is 2.27. The van der Waals surface area contributed by atoms with E-state index in [-0.39, 0.29) is 5.78 Å². The maximum Gasteiger partial charge on any atom is 0.417 e. The van der Waals surface area contributed by atoms with E-state index in [1.54, 1.807) is 42.5 Å². The zero-order valence-electron chi connectivity index (χ0n) is 12.1. The van der Waals surface area contributed by atoms with Crippen molar-refractivity contribution in [1.82, 2.24) is 0 Å². The van der Waals surface area contributed by atoms with Gasteiger partial charge in [-0.05, 0) is 49.4 Å². The van der Waals surface area contributed by atoms with Crippen LogP contribution in [0.15, 0.2) is 42.5 Å². The Bertz CT molecular complexity index is 698. The number of halogens is 1. The molecule has 0 spiro atoms. The van der Waals surface area contributed by atoms with Gasteiger partial charge in [0.1, 0.15) is 11.5 Å². The molecule has 0 aliphatic carbocycles. The van der Waals surface area contributed by atoms with Crippen molar-refractivity contribution in [2.45, 2.75) is 6.92 Å². The average Bonchev–Trinajstić information content (AvgIpc) is 2.48. The van der Waals surface area contributed by atoms with E-state index in [1.807, 2.05) is 0 Å². The van der Waals surface area contributed by atoms with Gasteiger partial charge in [-0.2, -0.15) is 0 Å². The maximum absolute atomic E-state index is 11.9. The molecule has 1 amide bonds. The van der Waals surface area contributed by atoms with Crippen LogP contribution in [0.4, 0.5) is 10.5 Å². The number of anilines is 1. The fraction of sp³-hybridized carbons (Fsp3) is 0.125. The first kappa shape index (κ1) is 15.9. The summed E-state index contributed by atoms with van der Waals surface area (Å²) in [6, 6.07) is 11.1. The van der Waals surface area contributed by atoms with Gasteiger partial charge < -0.3 is 9.47 Å². The van der Waals surface area contributed by atoms with E-state index in [9.17, 15) is 9.59 Å². The number of amides is 1. The Morgan fingerprint density at radius 3 is 2.36 bits per heavy atom. The van der Waals surface area contributed by atoms with Gasteiger partial charge in [0.15, 0.2) is 5.78 Å². The third-order valence-electron chi connectivity index (χ3n) is 2.87. The second-order valence-corrected chi connectivity index (χ2v) is 4.88. The Kier molecular flexibility index (Phi) is 5.01. The van der Waals surface area contributed by atoms with Gasteiger partial charge in [-0.3, -0.25) is 10.1 Å². The third-order valence-corrected chi connectivity index (χ3v) is 3.10. The van der Waals surface area contributed by atoms with Crippen LogP contribution >= 0.6 is 11.6 Å². The number of hydrogen-bond donors (Lipinski definition) is 1. The first-order valence-corrected chi connectivity index (χ1v) is 6.81. The number of ether oxygens (including phenoxy) is 2. The summed E-state index contributed by atoms with van der Waals surface area (Å²) < 4.78 is 10.3. The molecular weight excluding hydrogens is 306 g/mol. The number of methoxy groups -OCH3 is 1. The zero-order valence-corrected chi connectivity index (χ0v) is 12.8. The lowest BCUT2D eigenvalue weighted by atomic mass is 10.1. The Morgan fingerprint density at radius 1 is 1.09 bits per heavy atom. The molecule has 1 N–H and O–H groups in total. The zero-order chi connectivity index (χ0) is 16.1. The van der Waals surface area contributed by atoms with Gasteiger partial charge >= 0.3 is 6.09 Å². The minimum absolute atomic E-state index is 0.0559. The molecule has 0 atom stereocenters. The van der Waals surface area contributed by atoms with E-state index < -0.39 is 6.09 Å². The van der Waals surface area contributed by atoms with Crippen LogP contribution in [-0.4, -0.2) is 19.0 Å². The highest BCUT2D eigenvalue weighted by atomic mass is 35.5. The van der Waals surface area contributed by atoms with Crippen LogP contribution in [0.5, 0.6) is 11.5 Å². The summed E-state index contributed by atoms with van der Waals surface area (Å²) in [4.78, 5) is 23.1. The van der Waals surface area contributed by atoms with Gasteiger partial charge in [0.05, 0.1) is 12.8 Å². The summed E-state index contributed by atoms with van der Waals surface area (Å²) >= 11 is 5.88. The number of carbonyl (C=O) groups excluding carboxylic acids is 2.